The number of halogens is 1. The quantitative estimate of drug-likeness (QED) is 0.548. The zero-order valence-corrected chi connectivity index (χ0v) is 7.26. The Bertz CT molecular complexity index is 279. The summed E-state index contributed by atoms with van der Waals surface area (Å²) in [6, 6.07) is 3.99. The van der Waals surface area contributed by atoms with Crippen LogP contribution in [0.2, 0.25) is 0 Å². The summed E-state index contributed by atoms with van der Waals surface area (Å²) in [7, 11) is 0. The summed E-state index contributed by atoms with van der Waals surface area (Å²) in [5, 5.41) is 12.1. The highest BCUT2D eigenvalue weighted by atomic mass is 19.1. The first kappa shape index (κ1) is 9.74. The number of phenols is 1. The van der Waals surface area contributed by atoms with Gasteiger partial charge in [-0.15, -0.1) is 6.58 Å². The minimum atomic E-state index is -0.421. The predicted octanol–water partition coefficient (Wildman–Crippen LogP) is 1.81. The van der Waals surface area contributed by atoms with Crippen molar-refractivity contribution in [3.05, 3.63) is 42.2 Å². The molecule has 1 aromatic rings. The van der Waals surface area contributed by atoms with Crippen molar-refractivity contribution >= 4 is 0 Å². The molecule has 0 aromatic heterocycles. The topological polar surface area (TPSA) is 32.3 Å². The largest absolute Gasteiger partial charge is 0.508 e. The van der Waals surface area contributed by atoms with E-state index in [2.05, 4.69) is 11.9 Å². The lowest BCUT2D eigenvalue weighted by atomic mass is 10.2. The van der Waals surface area contributed by atoms with Gasteiger partial charge in [-0.25, -0.2) is 4.39 Å². The van der Waals surface area contributed by atoms with Crippen LogP contribution >= 0.6 is 0 Å². The molecule has 2 N–H and O–H groups in total. The predicted molar refractivity (Wildman–Crippen MR) is 50.0 cm³/mol. The van der Waals surface area contributed by atoms with E-state index in [1.165, 1.54) is 12.1 Å². The van der Waals surface area contributed by atoms with Crippen LogP contribution in [0, 0.1) is 5.82 Å². The Morgan fingerprint density at radius 2 is 2.23 bits per heavy atom. The summed E-state index contributed by atoms with van der Waals surface area (Å²) >= 11 is 0. The average Bonchev–Trinajstić information content (AvgIpc) is 2.03. The summed E-state index contributed by atoms with van der Waals surface area (Å²) in [4.78, 5) is 0. The standard InChI is InChI=1S/C10H12FNO/c1-2-3-12-7-8-4-9(11)6-10(13)5-8/h2,4-6,12-13H,1,3,7H2. The second kappa shape index (κ2) is 4.62. The summed E-state index contributed by atoms with van der Waals surface area (Å²) in [6.07, 6.45) is 1.72. The van der Waals surface area contributed by atoms with Crippen LogP contribution in [0.5, 0.6) is 5.75 Å². The van der Waals surface area contributed by atoms with E-state index in [1.54, 1.807) is 6.08 Å². The molecule has 0 saturated carbocycles. The van der Waals surface area contributed by atoms with Gasteiger partial charge in [0.2, 0.25) is 0 Å². The number of benzene rings is 1. The molecule has 3 heteroatoms. The highest BCUT2D eigenvalue weighted by Crippen LogP contribution is 2.13. The molecule has 2 nitrogen and oxygen atoms in total. The van der Waals surface area contributed by atoms with Crippen molar-refractivity contribution in [3.8, 4) is 5.75 Å². The molecule has 0 aliphatic rings. The Kier molecular flexibility index (Phi) is 3.46. The highest BCUT2D eigenvalue weighted by Gasteiger charge is 1.98. The van der Waals surface area contributed by atoms with Gasteiger partial charge in [0.25, 0.3) is 0 Å². The van der Waals surface area contributed by atoms with Gasteiger partial charge < -0.3 is 10.4 Å². The van der Waals surface area contributed by atoms with E-state index in [9.17, 15) is 4.39 Å². The molecule has 1 rings (SSSR count). The van der Waals surface area contributed by atoms with E-state index < -0.39 is 5.82 Å². The van der Waals surface area contributed by atoms with Crippen LogP contribution in [0.15, 0.2) is 30.9 Å². The van der Waals surface area contributed by atoms with Gasteiger partial charge in [-0.3, -0.25) is 0 Å². The minimum absolute atomic E-state index is 0.0459. The smallest absolute Gasteiger partial charge is 0.127 e. The van der Waals surface area contributed by atoms with Crippen molar-refractivity contribution in [3.63, 3.8) is 0 Å². The van der Waals surface area contributed by atoms with E-state index in [0.29, 0.717) is 13.1 Å². The molecule has 0 atom stereocenters. The van der Waals surface area contributed by atoms with Gasteiger partial charge in [-0.05, 0) is 17.7 Å². The normalized spacial score (nSPS) is 9.92. The summed E-state index contributed by atoms with van der Waals surface area (Å²) in [5.74, 6) is -0.467. The lowest BCUT2D eigenvalue weighted by Gasteiger charge is -2.02. The van der Waals surface area contributed by atoms with Crippen molar-refractivity contribution in [2.75, 3.05) is 6.54 Å². The van der Waals surface area contributed by atoms with Crippen LogP contribution in [0.25, 0.3) is 0 Å². The molecule has 0 bridgehead atoms. The molecule has 1 aromatic carbocycles. The fourth-order valence-electron chi connectivity index (χ4n) is 1.05. The van der Waals surface area contributed by atoms with E-state index in [0.717, 1.165) is 11.6 Å². The van der Waals surface area contributed by atoms with Crippen molar-refractivity contribution in [1.29, 1.82) is 0 Å². The lowest BCUT2D eigenvalue weighted by molar-refractivity contribution is 0.467. The maximum Gasteiger partial charge on any atom is 0.127 e. The fraction of sp³-hybridized carbons (Fsp3) is 0.200. The maximum atomic E-state index is 12.7. The van der Waals surface area contributed by atoms with Gasteiger partial charge >= 0.3 is 0 Å². The first-order valence-corrected chi connectivity index (χ1v) is 4.02. The van der Waals surface area contributed by atoms with Gasteiger partial charge in [-0.2, -0.15) is 0 Å². The Hall–Kier alpha value is -1.35. The van der Waals surface area contributed by atoms with Crippen molar-refractivity contribution in [1.82, 2.24) is 5.32 Å². The molecule has 0 amide bonds. The zero-order chi connectivity index (χ0) is 9.68. The zero-order valence-electron chi connectivity index (χ0n) is 7.26. The third-order valence-electron chi connectivity index (χ3n) is 1.56. The van der Waals surface area contributed by atoms with Crippen molar-refractivity contribution < 1.29 is 9.50 Å². The molecule has 0 aliphatic carbocycles. The van der Waals surface area contributed by atoms with Crippen LogP contribution in [0.4, 0.5) is 4.39 Å². The fourth-order valence-corrected chi connectivity index (χ4v) is 1.05. The monoisotopic (exact) mass is 181 g/mol. The van der Waals surface area contributed by atoms with Crippen LogP contribution in [-0.2, 0) is 6.54 Å². The summed E-state index contributed by atoms with van der Waals surface area (Å²) in [6.45, 7) is 4.73. The molecule has 0 heterocycles. The average molecular weight is 181 g/mol. The number of aromatic hydroxyl groups is 1. The SMILES string of the molecule is C=CCNCc1cc(O)cc(F)c1. The van der Waals surface area contributed by atoms with E-state index in [4.69, 9.17) is 5.11 Å². The van der Waals surface area contributed by atoms with E-state index in [1.807, 2.05) is 0 Å². The van der Waals surface area contributed by atoms with Gasteiger partial charge in [0.1, 0.15) is 11.6 Å². The summed E-state index contributed by atoms with van der Waals surface area (Å²) < 4.78 is 12.7. The Morgan fingerprint density at radius 1 is 1.46 bits per heavy atom. The van der Waals surface area contributed by atoms with E-state index in [-0.39, 0.29) is 5.75 Å². The number of rotatable bonds is 4. The molecule has 0 radical (unpaired) electrons. The van der Waals surface area contributed by atoms with Crippen LogP contribution in [-0.4, -0.2) is 11.7 Å². The van der Waals surface area contributed by atoms with Gasteiger partial charge in [-0.1, -0.05) is 6.08 Å². The Morgan fingerprint density at radius 3 is 2.85 bits per heavy atom. The molecule has 70 valence electrons. The highest BCUT2D eigenvalue weighted by molar-refractivity contribution is 5.28. The molecular weight excluding hydrogens is 169 g/mol. The Balaban J connectivity index is 2.60. The minimum Gasteiger partial charge on any atom is -0.508 e. The molecule has 0 fully saturated rings. The van der Waals surface area contributed by atoms with Gasteiger partial charge in [0.15, 0.2) is 0 Å². The second-order valence-corrected chi connectivity index (χ2v) is 2.74. The molecule has 13 heavy (non-hydrogen) atoms. The van der Waals surface area contributed by atoms with Crippen LogP contribution in [0.1, 0.15) is 5.56 Å². The number of hydrogen-bond donors (Lipinski definition) is 2. The third kappa shape index (κ3) is 3.25. The molecule has 0 unspecified atom stereocenters. The molecule has 0 saturated heterocycles. The van der Waals surface area contributed by atoms with Gasteiger partial charge in [0.05, 0.1) is 0 Å². The summed E-state index contributed by atoms with van der Waals surface area (Å²) in [5.41, 5.74) is 0.722. The molecule has 0 spiro atoms. The Labute approximate surface area is 76.7 Å². The maximum absolute atomic E-state index is 12.7. The first-order chi connectivity index (χ1) is 6.22. The van der Waals surface area contributed by atoms with Crippen LogP contribution < -0.4 is 5.32 Å². The third-order valence-corrected chi connectivity index (χ3v) is 1.56. The van der Waals surface area contributed by atoms with Crippen molar-refractivity contribution in [2.24, 2.45) is 0 Å². The second-order valence-electron chi connectivity index (χ2n) is 2.74. The van der Waals surface area contributed by atoms with Crippen molar-refractivity contribution in [2.45, 2.75) is 6.54 Å². The number of phenolic OH excluding ortho intramolecular Hbond substituents is 1. The number of hydrogen-bond acceptors (Lipinski definition) is 2. The van der Waals surface area contributed by atoms with E-state index >= 15 is 0 Å². The van der Waals surface area contributed by atoms with Crippen LogP contribution in [0.3, 0.4) is 0 Å². The number of nitrogens with one attached hydrogen (secondary N) is 1. The lowest BCUT2D eigenvalue weighted by Crippen LogP contribution is -2.12. The molecular formula is C10H12FNO. The molecule has 0 aliphatic heterocycles. The first-order valence-electron chi connectivity index (χ1n) is 4.02. The van der Waals surface area contributed by atoms with Gasteiger partial charge in [0, 0.05) is 19.2 Å².